The Bertz CT molecular complexity index is 702. The highest BCUT2D eigenvalue weighted by Crippen LogP contribution is 2.17. The fraction of sp³-hybridized carbons (Fsp3) is 0.125. The largest absolute Gasteiger partial charge is 0.463 e. The topological polar surface area (TPSA) is 65.7 Å². The minimum Gasteiger partial charge on any atom is -0.463 e. The summed E-state index contributed by atoms with van der Waals surface area (Å²) in [6.45, 7) is -0.0594. The number of ether oxygens (including phenoxy) is 2. The smallest absolute Gasteiger partial charge is 0.373 e. The second-order valence-corrected chi connectivity index (χ2v) is 5.07. The molecule has 0 unspecified atom stereocenters. The first-order valence-corrected chi connectivity index (χ1v) is 7.16. The zero-order valence-electron chi connectivity index (χ0n) is 11.7. The predicted molar refractivity (Wildman–Crippen MR) is 83.0 cm³/mol. The number of esters is 2. The van der Waals surface area contributed by atoms with Gasteiger partial charge in [-0.3, -0.25) is 0 Å². The number of benzene rings is 1. The van der Waals surface area contributed by atoms with Gasteiger partial charge < -0.3 is 13.9 Å². The number of hydrogen-bond acceptors (Lipinski definition) is 5. The molecule has 1 heterocycles. The Balaban J connectivity index is 1.89. The highest BCUT2D eigenvalue weighted by atomic mass is 79.9. The Hall–Kier alpha value is -2.34. The number of methoxy groups -OCH3 is 1. The van der Waals surface area contributed by atoms with Crippen molar-refractivity contribution in [3.05, 3.63) is 64.0 Å². The van der Waals surface area contributed by atoms with E-state index in [1.807, 2.05) is 24.3 Å². The first-order valence-electron chi connectivity index (χ1n) is 6.36. The summed E-state index contributed by atoms with van der Waals surface area (Å²) in [6, 6.07) is 10.5. The van der Waals surface area contributed by atoms with Gasteiger partial charge in [0, 0.05) is 10.5 Å². The fourth-order valence-electron chi connectivity index (χ4n) is 1.62. The Morgan fingerprint density at radius 2 is 2.00 bits per heavy atom. The highest BCUT2D eigenvalue weighted by molar-refractivity contribution is 9.10. The highest BCUT2D eigenvalue weighted by Gasteiger charge is 2.11. The maximum Gasteiger partial charge on any atom is 0.373 e. The third-order valence-corrected chi connectivity index (χ3v) is 3.43. The summed E-state index contributed by atoms with van der Waals surface area (Å²) in [5.41, 5.74) is 0.866. The van der Waals surface area contributed by atoms with Crippen LogP contribution >= 0.6 is 15.9 Å². The molecule has 0 aliphatic heterocycles. The molecular formula is C16H13BrO5. The van der Waals surface area contributed by atoms with E-state index in [0.717, 1.165) is 10.0 Å². The molecule has 2 aromatic rings. The lowest BCUT2D eigenvalue weighted by molar-refractivity contribution is -0.139. The number of halogens is 1. The van der Waals surface area contributed by atoms with Crippen molar-refractivity contribution < 1.29 is 23.5 Å². The summed E-state index contributed by atoms with van der Waals surface area (Å²) >= 11 is 3.38. The van der Waals surface area contributed by atoms with Crippen LogP contribution in [0.4, 0.5) is 0 Å². The van der Waals surface area contributed by atoms with E-state index in [-0.39, 0.29) is 12.4 Å². The monoisotopic (exact) mass is 364 g/mol. The first-order chi connectivity index (χ1) is 10.6. The second kappa shape index (κ2) is 7.61. The molecule has 114 valence electrons. The standard InChI is InChI=1S/C16H13BrO5/c1-20-16(19)14-8-7-12(22-14)10-21-15(18)9-6-11-4-2-3-5-13(11)17/h2-9H,10H2,1H3/b9-6+. The van der Waals surface area contributed by atoms with Gasteiger partial charge in [0.1, 0.15) is 12.4 Å². The number of rotatable bonds is 5. The van der Waals surface area contributed by atoms with Gasteiger partial charge in [0.2, 0.25) is 5.76 Å². The van der Waals surface area contributed by atoms with Crippen LogP contribution in [0, 0.1) is 0 Å². The molecule has 1 aromatic heterocycles. The molecule has 0 atom stereocenters. The van der Waals surface area contributed by atoms with Gasteiger partial charge in [-0.2, -0.15) is 0 Å². The van der Waals surface area contributed by atoms with Crippen LogP contribution in [0.3, 0.4) is 0 Å². The van der Waals surface area contributed by atoms with Crippen molar-refractivity contribution in [2.75, 3.05) is 7.11 Å². The van der Waals surface area contributed by atoms with E-state index in [9.17, 15) is 9.59 Å². The summed E-state index contributed by atoms with van der Waals surface area (Å²) < 4.78 is 15.6. The maximum absolute atomic E-state index is 11.6. The van der Waals surface area contributed by atoms with Crippen LogP contribution in [0.2, 0.25) is 0 Å². The van der Waals surface area contributed by atoms with Crippen molar-refractivity contribution >= 4 is 33.9 Å². The molecule has 0 radical (unpaired) electrons. The molecule has 0 spiro atoms. The van der Waals surface area contributed by atoms with Crippen molar-refractivity contribution in [2.45, 2.75) is 6.61 Å². The first kappa shape index (κ1) is 16.0. The minimum absolute atomic E-state index is 0.0594. The van der Waals surface area contributed by atoms with Crippen LogP contribution < -0.4 is 0 Å². The summed E-state index contributed by atoms with van der Waals surface area (Å²) in [5.74, 6) is -0.654. The lowest BCUT2D eigenvalue weighted by Crippen LogP contribution is -2.01. The molecule has 22 heavy (non-hydrogen) atoms. The van der Waals surface area contributed by atoms with E-state index >= 15 is 0 Å². The molecule has 1 aromatic carbocycles. The number of furan rings is 1. The summed E-state index contributed by atoms with van der Waals surface area (Å²) in [4.78, 5) is 22.9. The molecule has 6 heteroatoms. The van der Waals surface area contributed by atoms with Gasteiger partial charge in [-0.15, -0.1) is 0 Å². The Morgan fingerprint density at radius 3 is 2.73 bits per heavy atom. The summed E-state index contributed by atoms with van der Waals surface area (Å²) in [5, 5.41) is 0. The van der Waals surface area contributed by atoms with Gasteiger partial charge in [-0.1, -0.05) is 34.1 Å². The minimum atomic E-state index is -0.577. The SMILES string of the molecule is COC(=O)c1ccc(COC(=O)/C=C/c2ccccc2Br)o1. The summed E-state index contributed by atoms with van der Waals surface area (Å²) in [7, 11) is 1.26. The van der Waals surface area contributed by atoms with E-state index < -0.39 is 11.9 Å². The van der Waals surface area contributed by atoms with E-state index in [0.29, 0.717) is 5.76 Å². The maximum atomic E-state index is 11.6. The average molecular weight is 365 g/mol. The van der Waals surface area contributed by atoms with Crippen molar-refractivity contribution in [2.24, 2.45) is 0 Å². The lowest BCUT2D eigenvalue weighted by Gasteiger charge is -2.00. The van der Waals surface area contributed by atoms with E-state index in [4.69, 9.17) is 9.15 Å². The van der Waals surface area contributed by atoms with Gasteiger partial charge in [-0.05, 0) is 29.8 Å². The quantitative estimate of drug-likeness (QED) is 0.599. The Kier molecular flexibility index (Phi) is 5.55. The number of carbonyl (C=O) groups excluding carboxylic acids is 2. The molecule has 0 N–H and O–H groups in total. The van der Waals surface area contributed by atoms with E-state index in [2.05, 4.69) is 20.7 Å². The molecule has 5 nitrogen and oxygen atoms in total. The third-order valence-electron chi connectivity index (χ3n) is 2.71. The van der Waals surface area contributed by atoms with Crippen molar-refractivity contribution in [1.82, 2.24) is 0 Å². The molecule has 0 aliphatic rings. The molecule has 0 bridgehead atoms. The van der Waals surface area contributed by atoms with Crippen molar-refractivity contribution in [3.63, 3.8) is 0 Å². The van der Waals surface area contributed by atoms with E-state index in [1.54, 1.807) is 12.1 Å². The zero-order valence-corrected chi connectivity index (χ0v) is 13.3. The fourth-order valence-corrected chi connectivity index (χ4v) is 2.04. The van der Waals surface area contributed by atoms with Crippen LogP contribution in [0.5, 0.6) is 0 Å². The molecule has 0 saturated carbocycles. The number of hydrogen-bond donors (Lipinski definition) is 0. The normalized spacial score (nSPS) is 10.6. The summed E-state index contributed by atoms with van der Waals surface area (Å²) in [6.07, 6.45) is 2.97. The second-order valence-electron chi connectivity index (χ2n) is 4.22. The third kappa shape index (κ3) is 4.33. The van der Waals surface area contributed by atoms with Crippen LogP contribution in [0.1, 0.15) is 21.9 Å². The van der Waals surface area contributed by atoms with Crippen molar-refractivity contribution in [3.8, 4) is 0 Å². The molecule has 0 aliphatic carbocycles. The Morgan fingerprint density at radius 1 is 1.23 bits per heavy atom. The van der Waals surface area contributed by atoms with Gasteiger partial charge in [-0.25, -0.2) is 9.59 Å². The molecule has 0 fully saturated rings. The van der Waals surface area contributed by atoms with Gasteiger partial charge in [0.15, 0.2) is 0 Å². The molecule has 0 amide bonds. The van der Waals surface area contributed by atoms with Crippen LogP contribution in [-0.2, 0) is 20.9 Å². The Labute approximate surface area is 135 Å². The molecule has 0 saturated heterocycles. The predicted octanol–water partition coefficient (Wildman–Crippen LogP) is 3.59. The van der Waals surface area contributed by atoms with Crippen LogP contribution in [-0.4, -0.2) is 19.0 Å². The molecular weight excluding hydrogens is 352 g/mol. The van der Waals surface area contributed by atoms with Gasteiger partial charge in [0.05, 0.1) is 7.11 Å². The van der Waals surface area contributed by atoms with Crippen LogP contribution in [0.15, 0.2) is 51.4 Å². The zero-order chi connectivity index (χ0) is 15.9. The molecule has 2 rings (SSSR count). The number of carbonyl (C=O) groups is 2. The van der Waals surface area contributed by atoms with Gasteiger partial charge >= 0.3 is 11.9 Å². The van der Waals surface area contributed by atoms with Crippen LogP contribution in [0.25, 0.3) is 6.08 Å². The average Bonchev–Trinajstić information content (AvgIpc) is 3.00. The van der Waals surface area contributed by atoms with Crippen molar-refractivity contribution in [1.29, 1.82) is 0 Å². The van der Waals surface area contributed by atoms with E-state index in [1.165, 1.54) is 19.3 Å². The lowest BCUT2D eigenvalue weighted by atomic mass is 10.2. The van der Waals surface area contributed by atoms with Gasteiger partial charge in [0.25, 0.3) is 0 Å².